The number of benzene rings is 3. The van der Waals surface area contributed by atoms with Crippen LogP contribution in [-0.4, -0.2) is 68.9 Å². The third-order valence-corrected chi connectivity index (χ3v) is 8.17. The zero-order chi connectivity index (χ0) is 34.0. The van der Waals surface area contributed by atoms with Crippen molar-refractivity contribution in [3.63, 3.8) is 0 Å². The van der Waals surface area contributed by atoms with Crippen molar-refractivity contribution in [2.45, 2.75) is 76.7 Å². The van der Waals surface area contributed by atoms with E-state index in [4.69, 9.17) is 28.4 Å². The number of carbonyl (C=O) groups is 1. The number of hydrogen-bond donors (Lipinski definition) is 1. The molecule has 8 heteroatoms. The van der Waals surface area contributed by atoms with E-state index >= 15 is 0 Å². The number of ether oxygens (including phenoxy) is 6. The Bertz CT molecular complexity index is 1340. The van der Waals surface area contributed by atoms with Gasteiger partial charge in [0.25, 0.3) is 0 Å². The minimum atomic E-state index is -0.648. The van der Waals surface area contributed by atoms with E-state index in [0.29, 0.717) is 39.6 Å². The average molecular weight is 658 g/mol. The zero-order valence-electron chi connectivity index (χ0n) is 28.3. The highest BCUT2D eigenvalue weighted by atomic mass is 16.6. The van der Waals surface area contributed by atoms with Gasteiger partial charge in [-0.1, -0.05) is 117 Å². The molecule has 4 rings (SSSR count). The van der Waals surface area contributed by atoms with E-state index in [1.165, 1.54) is 0 Å². The lowest BCUT2D eigenvalue weighted by atomic mass is 9.92. The smallest absolute Gasteiger partial charge is 0.223 e. The summed E-state index contributed by atoms with van der Waals surface area (Å²) in [4.78, 5) is 13.7. The molecule has 0 aromatic heterocycles. The average Bonchev–Trinajstić information content (AvgIpc) is 3.10. The number of amides is 1. The molecule has 1 aliphatic rings. The summed E-state index contributed by atoms with van der Waals surface area (Å²) in [6.07, 6.45) is 0.482. The standard InChI is InChI=1S/C40H51NO7/c1-5-22-43-28-34(30(3)4)41-37(42)24-35-38(45-25-31-16-10-7-11-17-31)40(47-27-33-20-14-9-15-21-33)39(36(48-35)29-44-23-6-2)46-26-32-18-12-8-13-19-32/h5-21,30,34-36,38-40H,1-2,22-29H2,3-4H3,(H,41,42)/t34-,35-,36-,38+,39-,40-/m1/s1. The number of rotatable bonds is 21. The number of hydrogen-bond acceptors (Lipinski definition) is 7. The van der Waals surface area contributed by atoms with Crippen molar-refractivity contribution in [2.75, 3.05) is 26.4 Å². The van der Waals surface area contributed by atoms with E-state index in [9.17, 15) is 4.79 Å². The number of carbonyl (C=O) groups excluding carboxylic acids is 1. The molecule has 8 nitrogen and oxygen atoms in total. The van der Waals surface area contributed by atoms with E-state index in [2.05, 4.69) is 32.3 Å². The Morgan fingerprint density at radius 1 is 0.708 bits per heavy atom. The molecule has 1 aliphatic heterocycles. The van der Waals surface area contributed by atoms with Crippen LogP contribution in [0.1, 0.15) is 37.0 Å². The fourth-order valence-corrected chi connectivity index (χ4v) is 5.58. The first-order valence-electron chi connectivity index (χ1n) is 16.8. The van der Waals surface area contributed by atoms with Crippen molar-refractivity contribution in [3.8, 4) is 0 Å². The number of nitrogens with one attached hydrogen (secondary N) is 1. The van der Waals surface area contributed by atoms with E-state index in [0.717, 1.165) is 16.7 Å². The van der Waals surface area contributed by atoms with Gasteiger partial charge in [-0.2, -0.15) is 0 Å². The summed E-state index contributed by atoms with van der Waals surface area (Å²) < 4.78 is 38.4. The maximum Gasteiger partial charge on any atom is 0.223 e. The van der Waals surface area contributed by atoms with Crippen LogP contribution in [0.15, 0.2) is 116 Å². The molecule has 3 aromatic rings. The molecule has 3 aromatic carbocycles. The second-order valence-corrected chi connectivity index (χ2v) is 12.3. The third kappa shape index (κ3) is 12.1. The summed E-state index contributed by atoms with van der Waals surface area (Å²) in [5.41, 5.74) is 3.03. The predicted octanol–water partition coefficient (Wildman–Crippen LogP) is 6.45. The molecule has 1 fully saturated rings. The summed E-state index contributed by atoms with van der Waals surface area (Å²) in [6.45, 7) is 14.0. The van der Waals surface area contributed by atoms with Gasteiger partial charge in [-0.15, -0.1) is 13.2 Å². The Morgan fingerprint density at radius 3 is 1.65 bits per heavy atom. The van der Waals surface area contributed by atoms with Crippen molar-refractivity contribution in [2.24, 2.45) is 5.92 Å². The third-order valence-electron chi connectivity index (χ3n) is 8.17. The minimum absolute atomic E-state index is 0.0543. The molecule has 1 heterocycles. The molecule has 258 valence electrons. The molecule has 1 amide bonds. The monoisotopic (exact) mass is 657 g/mol. The molecular formula is C40H51NO7. The van der Waals surface area contributed by atoms with Crippen LogP contribution in [0.5, 0.6) is 0 Å². The van der Waals surface area contributed by atoms with Crippen LogP contribution in [0.25, 0.3) is 0 Å². The lowest BCUT2D eigenvalue weighted by Crippen LogP contribution is -2.62. The molecule has 48 heavy (non-hydrogen) atoms. The summed E-state index contributed by atoms with van der Waals surface area (Å²) in [5.74, 6) is -0.000576. The van der Waals surface area contributed by atoms with Gasteiger partial charge in [0.2, 0.25) is 5.91 Å². The first kappa shape index (κ1) is 37.2. The van der Waals surface area contributed by atoms with Crippen LogP contribution in [0, 0.1) is 5.92 Å². The predicted molar refractivity (Wildman–Crippen MR) is 187 cm³/mol. The van der Waals surface area contributed by atoms with Gasteiger partial charge in [0, 0.05) is 0 Å². The van der Waals surface area contributed by atoms with Crippen LogP contribution >= 0.6 is 0 Å². The summed E-state index contributed by atoms with van der Waals surface area (Å²) in [6, 6.07) is 29.7. The highest BCUT2D eigenvalue weighted by Crippen LogP contribution is 2.32. The van der Waals surface area contributed by atoms with E-state index in [1.807, 2.05) is 91.0 Å². The molecule has 0 radical (unpaired) electrons. The molecular weight excluding hydrogens is 606 g/mol. The lowest BCUT2D eigenvalue weighted by molar-refractivity contribution is -0.271. The Morgan fingerprint density at radius 2 is 1.17 bits per heavy atom. The van der Waals surface area contributed by atoms with E-state index in [-0.39, 0.29) is 30.9 Å². The Balaban J connectivity index is 1.64. The van der Waals surface area contributed by atoms with Gasteiger partial charge in [-0.05, 0) is 22.6 Å². The maximum absolute atomic E-state index is 13.7. The van der Waals surface area contributed by atoms with Crippen LogP contribution < -0.4 is 5.32 Å². The van der Waals surface area contributed by atoms with Crippen molar-refractivity contribution in [1.29, 1.82) is 0 Å². The second kappa shape index (κ2) is 20.7. The summed E-state index contributed by atoms with van der Waals surface area (Å²) >= 11 is 0. The quantitative estimate of drug-likeness (QED) is 0.104. The highest BCUT2D eigenvalue weighted by molar-refractivity contribution is 5.77. The van der Waals surface area contributed by atoms with Crippen molar-refractivity contribution < 1.29 is 33.2 Å². The molecule has 0 aliphatic carbocycles. The summed E-state index contributed by atoms with van der Waals surface area (Å²) in [5, 5.41) is 3.16. The van der Waals surface area contributed by atoms with E-state index in [1.54, 1.807) is 12.2 Å². The van der Waals surface area contributed by atoms with Crippen LogP contribution in [0.4, 0.5) is 0 Å². The van der Waals surface area contributed by atoms with E-state index < -0.39 is 30.5 Å². The van der Waals surface area contributed by atoms with Crippen molar-refractivity contribution >= 4 is 5.91 Å². The molecule has 0 saturated carbocycles. The summed E-state index contributed by atoms with van der Waals surface area (Å²) in [7, 11) is 0. The largest absolute Gasteiger partial charge is 0.375 e. The van der Waals surface area contributed by atoms with Crippen molar-refractivity contribution in [3.05, 3.63) is 133 Å². The van der Waals surface area contributed by atoms with Crippen LogP contribution in [0.3, 0.4) is 0 Å². The normalized spacial score (nSPS) is 21.4. The van der Waals surface area contributed by atoms with Gasteiger partial charge >= 0.3 is 0 Å². The Kier molecular flexibility index (Phi) is 16.0. The van der Waals surface area contributed by atoms with Crippen LogP contribution in [0.2, 0.25) is 0 Å². The topological polar surface area (TPSA) is 84.5 Å². The minimum Gasteiger partial charge on any atom is -0.375 e. The van der Waals surface area contributed by atoms with Gasteiger partial charge in [-0.25, -0.2) is 0 Å². The molecule has 0 bridgehead atoms. The maximum atomic E-state index is 13.7. The first-order chi connectivity index (χ1) is 23.5. The van der Waals surface area contributed by atoms with Gasteiger partial charge < -0.3 is 33.7 Å². The highest BCUT2D eigenvalue weighted by Gasteiger charge is 2.49. The molecule has 1 saturated heterocycles. The van der Waals surface area contributed by atoms with Gasteiger partial charge in [0.1, 0.15) is 24.4 Å². The molecule has 0 spiro atoms. The van der Waals surface area contributed by atoms with Gasteiger partial charge in [0.05, 0.1) is 64.8 Å². The van der Waals surface area contributed by atoms with Crippen LogP contribution in [-0.2, 0) is 53.0 Å². The second-order valence-electron chi connectivity index (χ2n) is 12.3. The molecule has 0 unspecified atom stereocenters. The van der Waals surface area contributed by atoms with Gasteiger partial charge in [-0.3, -0.25) is 4.79 Å². The Labute approximate surface area is 286 Å². The zero-order valence-corrected chi connectivity index (χ0v) is 28.3. The van der Waals surface area contributed by atoms with Gasteiger partial charge in [0.15, 0.2) is 0 Å². The van der Waals surface area contributed by atoms with Crippen molar-refractivity contribution in [1.82, 2.24) is 5.32 Å². The fourth-order valence-electron chi connectivity index (χ4n) is 5.58. The lowest BCUT2D eigenvalue weighted by Gasteiger charge is -2.46. The Hall–Kier alpha value is -3.63. The SMILES string of the molecule is C=CCOC[C@@H](NC(=O)C[C@H]1O[C@H](COCC=C)[C@@H](OCc2ccccc2)[C@H](OCc2ccccc2)[C@H]1OCc1ccccc1)C(C)C. The molecule has 6 atom stereocenters. The first-order valence-corrected chi connectivity index (χ1v) is 16.8. The molecule has 1 N–H and O–H groups in total. The fraction of sp³-hybridized carbons (Fsp3) is 0.425.